The first kappa shape index (κ1) is 28.1. The highest BCUT2D eigenvalue weighted by Crippen LogP contribution is 2.41. The first-order valence-electron chi connectivity index (χ1n) is 8.23. The highest BCUT2D eigenvalue weighted by atomic mass is 32.2. The van der Waals surface area contributed by atoms with Crippen LogP contribution in [0, 0.1) is 0 Å². The summed E-state index contributed by atoms with van der Waals surface area (Å²) in [5.74, 6) is 0. The highest BCUT2D eigenvalue weighted by molar-refractivity contribution is 7.92. The van der Waals surface area contributed by atoms with Gasteiger partial charge in [-0.3, -0.25) is 0 Å². The van der Waals surface area contributed by atoms with E-state index in [0.29, 0.717) is 12.1 Å². The van der Waals surface area contributed by atoms with E-state index in [4.69, 9.17) is 0 Å². The predicted molar refractivity (Wildman–Crippen MR) is 105 cm³/mol. The quantitative estimate of drug-likeness (QED) is 0.132. The SMILES string of the molecule is CS(=O)(=O)OC(OS(=O)(=O)C(F)(F)F)(c1ccccc1)S(=O)(=O)OOS(=O)(=O)c1ccccc1. The number of alkyl halides is 3. The standard InChI is InChI=1S/C15H13F3O12S4/c1-31(19,20)27-14(12-8-4-2-5-9-12,28-34(25,26)15(16,17)18)33(23,24)30-29-32(21,22)13-10-6-3-7-11-13/h2-11H,1H3. The molecule has 0 amide bonds. The maximum atomic E-state index is 13.0. The zero-order valence-corrected chi connectivity index (χ0v) is 19.7. The lowest BCUT2D eigenvalue weighted by atomic mass is 10.2. The van der Waals surface area contributed by atoms with E-state index in [-0.39, 0.29) is 6.26 Å². The molecule has 0 spiro atoms. The number of hydrogen-bond acceptors (Lipinski definition) is 12. The van der Waals surface area contributed by atoms with E-state index in [0.717, 1.165) is 24.3 Å². The third kappa shape index (κ3) is 6.30. The van der Waals surface area contributed by atoms with Crippen molar-refractivity contribution in [1.82, 2.24) is 0 Å². The van der Waals surface area contributed by atoms with Crippen LogP contribution >= 0.6 is 0 Å². The van der Waals surface area contributed by atoms with E-state index < -0.39 is 61.6 Å². The van der Waals surface area contributed by atoms with Gasteiger partial charge in [-0.2, -0.15) is 46.8 Å². The molecule has 0 aromatic heterocycles. The second-order valence-corrected chi connectivity index (χ2v) is 12.3. The Labute approximate surface area is 192 Å². The summed E-state index contributed by atoms with van der Waals surface area (Å²) in [6.07, 6.45) is 0.144. The van der Waals surface area contributed by atoms with Crippen molar-refractivity contribution in [2.24, 2.45) is 0 Å². The van der Waals surface area contributed by atoms with Crippen molar-refractivity contribution >= 4 is 40.5 Å². The number of benzene rings is 2. The molecule has 0 fully saturated rings. The van der Waals surface area contributed by atoms with Gasteiger partial charge in [0.05, 0.1) is 11.2 Å². The monoisotopic (exact) mass is 570 g/mol. The van der Waals surface area contributed by atoms with Crippen LogP contribution in [0.4, 0.5) is 13.2 Å². The van der Waals surface area contributed by atoms with Gasteiger partial charge in [0.25, 0.3) is 10.1 Å². The fourth-order valence-electron chi connectivity index (χ4n) is 2.12. The molecule has 2 aromatic carbocycles. The van der Waals surface area contributed by atoms with Crippen LogP contribution in [0.3, 0.4) is 0 Å². The van der Waals surface area contributed by atoms with Crippen LogP contribution in [0.2, 0.25) is 0 Å². The highest BCUT2D eigenvalue weighted by Gasteiger charge is 2.62. The smallest absolute Gasteiger partial charge is 0.212 e. The molecule has 0 bridgehead atoms. The topological polar surface area (TPSA) is 173 Å². The Balaban J connectivity index is 2.72. The molecule has 1 atom stereocenters. The summed E-state index contributed by atoms with van der Waals surface area (Å²) < 4.78 is 152. The van der Waals surface area contributed by atoms with Gasteiger partial charge < -0.3 is 0 Å². The Morgan fingerprint density at radius 2 is 1.12 bits per heavy atom. The van der Waals surface area contributed by atoms with Crippen molar-refractivity contribution in [3.05, 3.63) is 66.2 Å². The number of rotatable bonds is 10. The Morgan fingerprint density at radius 3 is 1.56 bits per heavy atom. The molecular weight excluding hydrogens is 557 g/mol. The van der Waals surface area contributed by atoms with Crippen LogP contribution in [-0.2, 0) is 62.6 Å². The first-order chi connectivity index (χ1) is 15.3. The molecule has 190 valence electrons. The summed E-state index contributed by atoms with van der Waals surface area (Å²) >= 11 is 0. The Kier molecular flexibility index (Phi) is 7.85. The molecule has 0 aliphatic rings. The third-order valence-electron chi connectivity index (χ3n) is 3.46. The molecular formula is C15H13F3O12S4. The van der Waals surface area contributed by atoms with Crippen molar-refractivity contribution < 1.29 is 63.9 Å². The Hall–Kier alpha value is -2.13. The maximum Gasteiger partial charge on any atom is 0.523 e. The molecule has 12 nitrogen and oxygen atoms in total. The molecule has 1 unspecified atom stereocenters. The van der Waals surface area contributed by atoms with Crippen LogP contribution < -0.4 is 0 Å². The molecule has 2 aromatic rings. The molecule has 2 rings (SSSR count). The van der Waals surface area contributed by atoms with Gasteiger partial charge in [-0.25, -0.2) is 8.37 Å². The van der Waals surface area contributed by atoms with Gasteiger partial charge in [0.1, 0.15) is 0 Å². The molecule has 34 heavy (non-hydrogen) atoms. The van der Waals surface area contributed by atoms with E-state index in [1.807, 2.05) is 0 Å². The minimum absolute atomic E-state index is 0.144. The summed E-state index contributed by atoms with van der Waals surface area (Å²) in [5.41, 5.74) is -7.45. The van der Waals surface area contributed by atoms with Gasteiger partial charge in [0.15, 0.2) is 0 Å². The minimum atomic E-state index is -6.92. The normalized spacial score (nSPS) is 15.5. The molecule has 0 saturated heterocycles. The molecule has 0 aliphatic carbocycles. The summed E-state index contributed by atoms with van der Waals surface area (Å²) in [6, 6.07) is 9.82. The minimum Gasteiger partial charge on any atom is -0.212 e. The van der Waals surface area contributed by atoms with Crippen molar-refractivity contribution in [1.29, 1.82) is 0 Å². The maximum absolute atomic E-state index is 13.0. The van der Waals surface area contributed by atoms with Gasteiger partial charge >= 0.3 is 41.0 Å². The average Bonchev–Trinajstić information content (AvgIpc) is 2.71. The number of hydrogen-bond donors (Lipinski definition) is 0. The lowest BCUT2D eigenvalue weighted by Gasteiger charge is -2.29. The van der Waals surface area contributed by atoms with E-state index in [2.05, 4.69) is 17.0 Å². The van der Waals surface area contributed by atoms with Gasteiger partial charge in [-0.1, -0.05) is 57.2 Å². The summed E-state index contributed by atoms with van der Waals surface area (Å²) in [6.45, 7) is 0. The Morgan fingerprint density at radius 1 is 0.647 bits per heavy atom. The lowest BCUT2D eigenvalue weighted by molar-refractivity contribution is -0.127. The molecule has 19 heteroatoms. The second kappa shape index (κ2) is 9.49. The van der Waals surface area contributed by atoms with E-state index >= 15 is 0 Å². The molecule has 0 aliphatic heterocycles. The predicted octanol–water partition coefficient (Wildman–Crippen LogP) is 1.31. The van der Waals surface area contributed by atoms with Crippen LogP contribution in [0.25, 0.3) is 0 Å². The molecule has 0 saturated carbocycles. The van der Waals surface area contributed by atoms with Gasteiger partial charge in [-0.05, 0) is 12.1 Å². The summed E-state index contributed by atoms with van der Waals surface area (Å²) in [4.78, 5) is -0.691. The fraction of sp³-hybridized carbons (Fsp3) is 0.200. The zero-order valence-electron chi connectivity index (χ0n) is 16.4. The van der Waals surface area contributed by atoms with Crippen LogP contribution in [-0.4, -0.2) is 45.4 Å². The lowest BCUT2D eigenvalue weighted by Crippen LogP contribution is -2.47. The number of halogens is 3. The summed E-state index contributed by atoms with van der Waals surface area (Å²) in [7, 11) is -23.5. The molecule has 0 radical (unpaired) electrons. The first-order valence-corrected chi connectivity index (χ1v) is 14.3. The third-order valence-corrected chi connectivity index (χ3v) is 7.72. The zero-order chi connectivity index (χ0) is 26.1. The van der Waals surface area contributed by atoms with Crippen molar-refractivity contribution in [3.8, 4) is 0 Å². The van der Waals surface area contributed by atoms with Crippen LogP contribution in [0.1, 0.15) is 5.56 Å². The van der Waals surface area contributed by atoms with Gasteiger partial charge in [-0.15, -0.1) is 0 Å². The summed E-state index contributed by atoms with van der Waals surface area (Å²) in [5, 5.41) is -4.46. The largest absolute Gasteiger partial charge is 0.523 e. The fourth-order valence-corrected chi connectivity index (χ4v) is 6.18. The Bertz CT molecular complexity index is 1440. The van der Waals surface area contributed by atoms with Crippen molar-refractivity contribution in [3.63, 3.8) is 0 Å². The van der Waals surface area contributed by atoms with E-state index in [1.54, 1.807) is 0 Å². The second-order valence-electron chi connectivity index (χ2n) is 6.05. The van der Waals surface area contributed by atoms with Crippen LogP contribution in [0.5, 0.6) is 0 Å². The van der Waals surface area contributed by atoms with Crippen molar-refractivity contribution in [2.45, 2.75) is 15.5 Å². The molecule has 0 N–H and O–H groups in total. The van der Waals surface area contributed by atoms with E-state index in [1.165, 1.54) is 24.3 Å². The molecule has 0 heterocycles. The van der Waals surface area contributed by atoms with E-state index in [9.17, 15) is 46.8 Å². The van der Waals surface area contributed by atoms with Crippen molar-refractivity contribution in [2.75, 3.05) is 6.26 Å². The van der Waals surface area contributed by atoms with Crippen LogP contribution in [0.15, 0.2) is 65.6 Å². The van der Waals surface area contributed by atoms with Gasteiger partial charge in [0, 0.05) is 5.56 Å². The van der Waals surface area contributed by atoms with Gasteiger partial charge in [0.2, 0.25) is 0 Å². The average molecular weight is 571 g/mol.